The maximum absolute atomic E-state index is 11.2. The first kappa shape index (κ1) is 16.4. The number of aromatic nitrogens is 1. The van der Waals surface area contributed by atoms with Crippen LogP contribution in [0.2, 0.25) is 0 Å². The number of thiazole rings is 1. The van der Waals surface area contributed by atoms with E-state index in [0.717, 1.165) is 20.5 Å². The smallest absolute Gasteiger partial charge is 0.310 e. The van der Waals surface area contributed by atoms with Crippen LogP contribution in [0.1, 0.15) is 27.4 Å². The number of thiophene rings is 1. The topological polar surface area (TPSA) is 68.3 Å². The second kappa shape index (κ2) is 7.86. The monoisotopic (exact) mass is 336 g/mol. The van der Waals surface area contributed by atoms with Crippen molar-refractivity contribution in [2.24, 2.45) is 0 Å². The van der Waals surface area contributed by atoms with Crippen LogP contribution in [0.25, 0.3) is 12.2 Å². The highest BCUT2D eigenvalue weighted by Crippen LogP contribution is 2.20. The van der Waals surface area contributed by atoms with E-state index in [-0.39, 0.29) is 11.9 Å². The predicted octanol–water partition coefficient (Wildman–Crippen LogP) is 2.73. The molecule has 0 saturated carbocycles. The highest BCUT2D eigenvalue weighted by atomic mass is 32.1. The van der Waals surface area contributed by atoms with Crippen LogP contribution < -0.4 is 5.32 Å². The summed E-state index contributed by atoms with van der Waals surface area (Å²) in [5.74, 6) is -0.302. The van der Waals surface area contributed by atoms with Gasteiger partial charge in [-0.05, 0) is 24.3 Å². The van der Waals surface area contributed by atoms with Crippen molar-refractivity contribution >= 4 is 46.7 Å². The van der Waals surface area contributed by atoms with Crippen molar-refractivity contribution in [3.8, 4) is 0 Å². The molecule has 0 aliphatic carbocycles. The van der Waals surface area contributed by atoms with E-state index in [2.05, 4.69) is 15.0 Å². The maximum Gasteiger partial charge on any atom is 0.310 e. The van der Waals surface area contributed by atoms with Gasteiger partial charge in [-0.25, -0.2) is 4.98 Å². The highest BCUT2D eigenvalue weighted by Gasteiger charge is 2.05. The van der Waals surface area contributed by atoms with E-state index in [4.69, 9.17) is 0 Å². The quantitative estimate of drug-likeness (QED) is 0.824. The van der Waals surface area contributed by atoms with Crippen molar-refractivity contribution in [2.45, 2.75) is 19.9 Å². The molecule has 116 valence electrons. The van der Waals surface area contributed by atoms with Crippen molar-refractivity contribution in [1.82, 2.24) is 10.3 Å². The van der Waals surface area contributed by atoms with Gasteiger partial charge in [-0.3, -0.25) is 9.59 Å². The Morgan fingerprint density at radius 1 is 1.36 bits per heavy atom. The zero-order valence-corrected chi connectivity index (χ0v) is 13.9. The van der Waals surface area contributed by atoms with Crippen LogP contribution in [0, 0.1) is 0 Å². The number of nitrogens with one attached hydrogen (secondary N) is 1. The van der Waals surface area contributed by atoms with Crippen molar-refractivity contribution in [3.63, 3.8) is 0 Å². The van der Waals surface area contributed by atoms with Crippen molar-refractivity contribution in [2.75, 3.05) is 7.11 Å². The summed E-state index contributed by atoms with van der Waals surface area (Å²) in [6.07, 6.45) is 4.18. The zero-order valence-electron chi connectivity index (χ0n) is 12.3. The van der Waals surface area contributed by atoms with Crippen LogP contribution >= 0.6 is 22.7 Å². The first-order valence-electron chi connectivity index (χ1n) is 6.59. The SMILES string of the molecule is COC(=O)Cc1ccc(C=Cc2csc(CNC(C)=O)n2)s1. The summed E-state index contributed by atoms with van der Waals surface area (Å²) in [6.45, 7) is 1.94. The Labute approximate surface area is 136 Å². The molecule has 22 heavy (non-hydrogen) atoms. The van der Waals surface area contributed by atoms with Gasteiger partial charge in [-0.2, -0.15) is 0 Å². The van der Waals surface area contributed by atoms with Crippen LogP contribution in [0.15, 0.2) is 17.5 Å². The molecule has 0 unspecified atom stereocenters. The number of hydrogen-bond acceptors (Lipinski definition) is 6. The van der Waals surface area contributed by atoms with Gasteiger partial charge in [0.05, 0.1) is 25.8 Å². The summed E-state index contributed by atoms with van der Waals surface area (Å²) in [5, 5.41) is 5.53. The third-order valence-corrected chi connectivity index (χ3v) is 4.62. The van der Waals surface area contributed by atoms with Gasteiger partial charge in [-0.15, -0.1) is 22.7 Å². The lowest BCUT2D eigenvalue weighted by molar-refractivity contribution is -0.139. The van der Waals surface area contributed by atoms with Crippen molar-refractivity contribution in [3.05, 3.63) is 38.0 Å². The Morgan fingerprint density at radius 2 is 2.18 bits per heavy atom. The minimum absolute atomic E-state index is 0.0657. The minimum atomic E-state index is -0.237. The lowest BCUT2D eigenvalue weighted by Crippen LogP contribution is -2.18. The number of nitrogens with zero attached hydrogens (tertiary/aromatic N) is 1. The van der Waals surface area contributed by atoms with Gasteiger partial charge in [0.25, 0.3) is 0 Å². The molecule has 7 heteroatoms. The van der Waals surface area contributed by atoms with E-state index in [0.29, 0.717) is 13.0 Å². The van der Waals surface area contributed by atoms with Crippen molar-refractivity contribution in [1.29, 1.82) is 0 Å². The number of amides is 1. The molecule has 0 saturated heterocycles. The second-order valence-corrected chi connectivity index (χ2v) is 6.61. The normalized spacial score (nSPS) is 10.8. The Balaban J connectivity index is 1.94. The molecule has 1 amide bonds. The van der Waals surface area contributed by atoms with Crippen LogP contribution in [-0.4, -0.2) is 24.0 Å². The largest absolute Gasteiger partial charge is 0.469 e. The molecule has 0 aromatic carbocycles. The van der Waals surface area contributed by atoms with E-state index in [1.165, 1.54) is 25.4 Å². The summed E-state index contributed by atoms with van der Waals surface area (Å²) >= 11 is 3.06. The molecule has 1 N–H and O–H groups in total. The van der Waals surface area contributed by atoms with E-state index >= 15 is 0 Å². The Bertz CT molecular complexity index is 689. The van der Waals surface area contributed by atoms with Gasteiger partial charge >= 0.3 is 5.97 Å². The van der Waals surface area contributed by atoms with Gasteiger partial charge in [0.2, 0.25) is 5.91 Å². The minimum Gasteiger partial charge on any atom is -0.469 e. The molecule has 0 radical (unpaired) electrons. The summed E-state index contributed by atoms with van der Waals surface area (Å²) in [7, 11) is 1.39. The number of carbonyl (C=O) groups is 2. The molecule has 2 heterocycles. The van der Waals surface area contributed by atoms with E-state index in [9.17, 15) is 9.59 Å². The van der Waals surface area contributed by atoms with Gasteiger partial charge in [-0.1, -0.05) is 0 Å². The molecule has 0 spiro atoms. The fraction of sp³-hybridized carbons (Fsp3) is 0.267. The zero-order chi connectivity index (χ0) is 15.9. The van der Waals surface area contributed by atoms with Gasteiger partial charge in [0, 0.05) is 22.1 Å². The third-order valence-electron chi connectivity index (χ3n) is 2.71. The highest BCUT2D eigenvalue weighted by molar-refractivity contribution is 7.13. The molecule has 0 fully saturated rings. The third kappa shape index (κ3) is 5.09. The molecular weight excluding hydrogens is 320 g/mol. The summed E-state index contributed by atoms with van der Waals surface area (Å²) in [4.78, 5) is 28.5. The number of rotatable bonds is 6. The van der Waals surface area contributed by atoms with Crippen LogP contribution in [0.4, 0.5) is 0 Å². The van der Waals surface area contributed by atoms with Crippen LogP contribution in [0.3, 0.4) is 0 Å². The second-order valence-electron chi connectivity index (χ2n) is 4.47. The number of esters is 1. The first-order valence-corrected chi connectivity index (χ1v) is 8.29. The molecule has 0 bridgehead atoms. The average molecular weight is 336 g/mol. The standard InChI is InChI=1S/C15H16N2O3S2/c1-10(18)16-8-14-17-11(9-21-14)3-4-12-5-6-13(22-12)7-15(19)20-2/h3-6,9H,7-8H2,1-2H3,(H,16,18). The fourth-order valence-corrected chi connectivity index (χ4v) is 3.25. The van der Waals surface area contributed by atoms with E-state index < -0.39 is 0 Å². The molecule has 0 aliphatic rings. The summed E-state index contributed by atoms with van der Waals surface area (Å²) in [5.41, 5.74) is 0.855. The molecule has 2 rings (SSSR count). The van der Waals surface area contributed by atoms with E-state index in [1.54, 1.807) is 11.3 Å². The maximum atomic E-state index is 11.2. The summed E-state index contributed by atoms with van der Waals surface area (Å²) in [6, 6.07) is 3.88. The average Bonchev–Trinajstić information content (AvgIpc) is 3.12. The van der Waals surface area contributed by atoms with Crippen molar-refractivity contribution < 1.29 is 14.3 Å². The molecule has 2 aromatic rings. The van der Waals surface area contributed by atoms with Gasteiger partial charge in [0.15, 0.2) is 0 Å². The molecule has 2 aromatic heterocycles. The lowest BCUT2D eigenvalue weighted by Gasteiger charge is -1.95. The molecule has 5 nitrogen and oxygen atoms in total. The molecule has 0 aliphatic heterocycles. The van der Waals surface area contributed by atoms with Crippen LogP contribution in [0.5, 0.6) is 0 Å². The number of carbonyl (C=O) groups excluding carboxylic acids is 2. The molecule has 0 atom stereocenters. The Hall–Kier alpha value is -1.99. The lowest BCUT2D eigenvalue weighted by atomic mass is 10.3. The Morgan fingerprint density at radius 3 is 2.91 bits per heavy atom. The fourth-order valence-electron chi connectivity index (χ4n) is 1.64. The number of methoxy groups -OCH3 is 1. The van der Waals surface area contributed by atoms with Gasteiger partial charge < -0.3 is 10.1 Å². The summed E-state index contributed by atoms with van der Waals surface area (Å²) < 4.78 is 4.65. The van der Waals surface area contributed by atoms with Gasteiger partial charge in [0.1, 0.15) is 5.01 Å². The number of hydrogen-bond donors (Lipinski definition) is 1. The Kier molecular flexibility index (Phi) is 5.85. The van der Waals surface area contributed by atoms with Crippen LogP contribution in [-0.2, 0) is 27.3 Å². The predicted molar refractivity (Wildman–Crippen MR) is 88.6 cm³/mol. The molecular formula is C15H16N2O3S2. The number of ether oxygens (including phenoxy) is 1. The van der Waals surface area contributed by atoms with E-state index in [1.807, 2.05) is 29.7 Å². The first-order chi connectivity index (χ1) is 10.6.